The highest BCUT2D eigenvalue weighted by Gasteiger charge is 2.24. The van der Waals surface area contributed by atoms with Gasteiger partial charge in [-0.2, -0.15) is 0 Å². The molecule has 4 rings (SSSR count). The second-order valence-electron chi connectivity index (χ2n) is 6.66. The van der Waals surface area contributed by atoms with E-state index in [-0.39, 0.29) is 6.10 Å². The summed E-state index contributed by atoms with van der Waals surface area (Å²) in [6.07, 6.45) is 8.69. The Kier molecular flexibility index (Phi) is 5.81. The topological polar surface area (TPSA) is 91.3 Å². The van der Waals surface area contributed by atoms with Crippen molar-refractivity contribution in [3.8, 4) is 22.8 Å². The van der Waals surface area contributed by atoms with Crippen molar-refractivity contribution in [1.82, 2.24) is 19.9 Å². The van der Waals surface area contributed by atoms with Gasteiger partial charge < -0.3 is 19.5 Å². The van der Waals surface area contributed by atoms with Crippen LogP contribution in [0.1, 0.15) is 30.2 Å². The molecule has 1 fully saturated rings. The largest absolute Gasteiger partial charge is 0.497 e. The Morgan fingerprint density at radius 2 is 1.90 bits per heavy atom. The summed E-state index contributed by atoms with van der Waals surface area (Å²) in [4.78, 5) is 17.8. The van der Waals surface area contributed by atoms with E-state index >= 15 is 0 Å². The fourth-order valence-corrected chi connectivity index (χ4v) is 3.30. The van der Waals surface area contributed by atoms with E-state index in [1.807, 2.05) is 18.2 Å². The van der Waals surface area contributed by atoms with Crippen molar-refractivity contribution in [2.24, 2.45) is 0 Å². The average molecular weight is 393 g/mol. The lowest BCUT2D eigenvalue weighted by Gasteiger charge is -2.15. The molecule has 1 aliphatic heterocycles. The molecule has 8 nitrogen and oxygen atoms in total. The van der Waals surface area contributed by atoms with Crippen LogP contribution in [0.15, 0.2) is 43.0 Å². The molecule has 1 aromatic carbocycles. The predicted molar refractivity (Wildman–Crippen MR) is 108 cm³/mol. The summed E-state index contributed by atoms with van der Waals surface area (Å²) >= 11 is 0. The molecule has 29 heavy (non-hydrogen) atoms. The van der Waals surface area contributed by atoms with Crippen molar-refractivity contribution < 1.29 is 14.2 Å². The van der Waals surface area contributed by atoms with E-state index in [2.05, 4.69) is 20.3 Å². The summed E-state index contributed by atoms with van der Waals surface area (Å²) in [6.45, 7) is 1.27. The SMILES string of the molecule is COc1cc(CNc2ncc(-c3cnccn3)c([C@@H]3CCCO3)n2)cc(OC)c1. The van der Waals surface area contributed by atoms with Gasteiger partial charge in [0.1, 0.15) is 17.6 Å². The van der Waals surface area contributed by atoms with Crippen LogP contribution in [-0.4, -0.2) is 40.8 Å². The van der Waals surface area contributed by atoms with E-state index in [1.54, 1.807) is 39.0 Å². The van der Waals surface area contributed by atoms with Crippen molar-refractivity contribution in [3.63, 3.8) is 0 Å². The number of rotatable bonds is 7. The van der Waals surface area contributed by atoms with Gasteiger partial charge in [-0.25, -0.2) is 9.97 Å². The van der Waals surface area contributed by atoms with Gasteiger partial charge in [-0.3, -0.25) is 9.97 Å². The van der Waals surface area contributed by atoms with E-state index in [0.717, 1.165) is 53.5 Å². The predicted octanol–water partition coefficient (Wildman–Crippen LogP) is 3.41. The summed E-state index contributed by atoms with van der Waals surface area (Å²) in [5, 5.41) is 3.28. The molecule has 1 aliphatic rings. The van der Waals surface area contributed by atoms with Gasteiger partial charge in [0.05, 0.1) is 31.8 Å². The lowest BCUT2D eigenvalue weighted by Crippen LogP contribution is -2.09. The van der Waals surface area contributed by atoms with Crippen LogP contribution in [0.25, 0.3) is 11.3 Å². The highest BCUT2D eigenvalue weighted by atomic mass is 16.5. The van der Waals surface area contributed by atoms with Crippen LogP contribution in [-0.2, 0) is 11.3 Å². The maximum Gasteiger partial charge on any atom is 0.223 e. The van der Waals surface area contributed by atoms with Crippen LogP contribution in [0.5, 0.6) is 11.5 Å². The molecule has 1 N–H and O–H groups in total. The molecule has 150 valence electrons. The molecule has 1 saturated heterocycles. The molecule has 3 aromatic rings. The average Bonchev–Trinajstić information content (AvgIpc) is 3.32. The molecular formula is C21H23N5O3. The quantitative estimate of drug-likeness (QED) is 0.653. The van der Waals surface area contributed by atoms with Crippen LogP contribution in [0.2, 0.25) is 0 Å². The monoisotopic (exact) mass is 393 g/mol. The van der Waals surface area contributed by atoms with Crippen LogP contribution in [0.4, 0.5) is 5.95 Å². The van der Waals surface area contributed by atoms with Gasteiger partial charge in [-0.05, 0) is 30.5 Å². The van der Waals surface area contributed by atoms with Gasteiger partial charge in [-0.1, -0.05) is 0 Å². The van der Waals surface area contributed by atoms with Crippen molar-refractivity contribution in [2.75, 3.05) is 26.1 Å². The molecule has 0 radical (unpaired) electrons. The molecule has 0 amide bonds. The van der Waals surface area contributed by atoms with Crippen LogP contribution >= 0.6 is 0 Å². The summed E-state index contributed by atoms with van der Waals surface area (Å²) < 4.78 is 16.5. The Balaban J connectivity index is 1.59. The zero-order valence-corrected chi connectivity index (χ0v) is 16.5. The number of nitrogens with zero attached hydrogens (tertiary/aromatic N) is 4. The van der Waals surface area contributed by atoms with E-state index in [1.165, 1.54) is 0 Å². The smallest absolute Gasteiger partial charge is 0.223 e. The summed E-state index contributed by atoms with van der Waals surface area (Å²) in [5.41, 5.74) is 3.42. The zero-order valence-electron chi connectivity index (χ0n) is 16.5. The Morgan fingerprint density at radius 1 is 1.07 bits per heavy atom. The van der Waals surface area contributed by atoms with Crippen LogP contribution in [0.3, 0.4) is 0 Å². The van der Waals surface area contributed by atoms with Crippen LogP contribution in [0, 0.1) is 0 Å². The molecule has 0 bridgehead atoms. The van der Waals surface area contributed by atoms with Gasteiger partial charge in [0.15, 0.2) is 0 Å². The molecule has 0 unspecified atom stereocenters. The molecule has 1 atom stereocenters. The molecule has 0 aliphatic carbocycles. The molecule has 2 aromatic heterocycles. The second kappa shape index (κ2) is 8.83. The highest BCUT2D eigenvalue weighted by molar-refractivity contribution is 5.61. The van der Waals surface area contributed by atoms with Crippen molar-refractivity contribution in [2.45, 2.75) is 25.5 Å². The first-order valence-corrected chi connectivity index (χ1v) is 9.47. The van der Waals surface area contributed by atoms with Gasteiger partial charge in [-0.15, -0.1) is 0 Å². The van der Waals surface area contributed by atoms with E-state index in [9.17, 15) is 0 Å². The number of anilines is 1. The van der Waals surface area contributed by atoms with Crippen molar-refractivity contribution in [3.05, 3.63) is 54.2 Å². The first-order chi connectivity index (χ1) is 14.3. The van der Waals surface area contributed by atoms with Gasteiger partial charge in [0, 0.05) is 43.4 Å². The molecular weight excluding hydrogens is 370 g/mol. The summed E-state index contributed by atoms with van der Waals surface area (Å²) in [5.74, 6) is 2.00. The molecule has 8 heteroatoms. The first kappa shape index (κ1) is 19.1. The van der Waals surface area contributed by atoms with Crippen molar-refractivity contribution in [1.29, 1.82) is 0 Å². The third kappa shape index (κ3) is 4.43. The number of nitrogens with one attached hydrogen (secondary N) is 1. The maximum atomic E-state index is 5.88. The highest BCUT2D eigenvalue weighted by Crippen LogP contribution is 2.33. The number of hydrogen-bond donors (Lipinski definition) is 1. The number of methoxy groups -OCH3 is 2. The Morgan fingerprint density at radius 3 is 2.55 bits per heavy atom. The number of hydrogen-bond acceptors (Lipinski definition) is 8. The zero-order chi connectivity index (χ0) is 20.1. The summed E-state index contributed by atoms with van der Waals surface area (Å²) in [6, 6.07) is 5.74. The first-order valence-electron chi connectivity index (χ1n) is 9.47. The maximum absolute atomic E-state index is 5.88. The normalized spacial score (nSPS) is 15.9. The minimum atomic E-state index is -0.0625. The number of benzene rings is 1. The molecule has 0 saturated carbocycles. The Bertz CT molecular complexity index is 940. The lowest BCUT2D eigenvalue weighted by molar-refractivity contribution is 0.109. The van der Waals surface area contributed by atoms with Crippen LogP contribution < -0.4 is 14.8 Å². The molecule has 3 heterocycles. The Labute approximate surface area is 169 Å². The van der Waals surface area contributed by atoms with E-state index in [0.29, 0.717) is 12.5 Å². The second-order valence-corrected chi connectivity index (χ2v) is 6.66. The van der Waals surface area contributed by atoms with E-state index < -0.39 is 0 Å². The van der Waals surface area contributed by atoms with Gasteiger partial charge in [0.2, 0.25) is 5.95 Å². The van der Waals surface area contributed by atoms with E-state index in [4.69, 9.17) is 19.2 Å². The third-order valence-electron chi connectivity index (χ3n) is 4.75. The lowest BCUT2D eigenvalue weighted by atomic mass is 10.1. The standard InChI is InChI=1S/C21H23N5O3/c1-27-15-8-14(9-16(10-15)28-2)11-24-21-25-12-17(18-13-22-5-6-23-18)20(26-21)19-4-3-7-29-19/h5-6,8-10,12-13,19H,3-4,7,11H2,1-2H3,(H,24,25,26)/t19-/m0/s1. The Hall–Kier alpha value is -3.26. The van der Waals surface area contributed by atoms with Gasteiger partial charge >= 0.3 is 0 Å². The number of ether oxygens (including phenoxy) is 3. The van der Waals surface area contributed by atoms with Gasteiger partial charge in [0.25, 0.3) is 0 Å². The molecule has 0 spiro atoms. The minimum absolute atomic E-state index is 0.0625. The minimum Gasteiger partial charge on any atom is -0.497 e. The fraction of sp³-hybridized carbons (Fsp3) is 0.333. The fourth-order valence-electron chi connectivity index (χ4n) is 3.30. The number of aromatic nitrogens is 4. The summed E-state index contributed by atoms with van der Waals surface area (Å²) in [7, 11) is 3.27. The van der Waals surface area contributed by atoms with Crippen molar-refractivity contribution >= 4 is 5.95 Å². The third-order valence-corrected chi connectivity index (χ3v) is 4.75.